The van der Waals surface area contributed by atoms with Crippen LogP contribution in [0.25, 0.3) is 0 Å². The Kier molecular flexibility index (Phi) is 5.82. The fraction of sp³-hybridized carbons (Fsp3) is 0.500. The summed E-state index contributed by atoms with van der Waals surface area (Å²) in [7, 11) is -1.96. The fourth-order valence-corrected chi connectivity index (χ4v) is 5.13. The highest BCUT2D eigenvalue weighted by Gasteiger charge is 2.34. The zero-order valence-corrected chi connectivity index (χ0v) is 17.0. The van der Waals surface area contributed by atoms with Gasteiger partial charge in [-0.15, -0.1) is 0 Å². The molecule has 28 heavy (non-hydrogen) atoms. The molecule has 2 aromatic rings. The fourth-order valence-electron chi connectivity index (χ4n) is 2.92. The van der Waals surface area contributed by atoms with Gasteiger partial charge in [0.05, 0.1) is 10.8 Å². The van der Waals surface area contributed by atoms with Crippen molar-refractivity contribution in [3.05, 3.63) is 39.1 Å². The van der Waals surface area contributed by atoms with Gasteiger partial charge in [0.1, 0.15) is 12.4 Å². The summed E-state index contributed by atoms with van der Waals surface area (Å²) in [6.45, 7) is 2.11. The molecule has 1 saturated heterocycles. The van der Waals surface area contributed by atoms with Gasteiger partial charge in [0.2, 0.25) is 0 Å². The molecule has 0 aromatic carbocycles. The predicted octanol–water partition coefficient (Wildman–Crippen LogP) is 1.84. The molecule has 1 aliphatic heterocycles. The number of imidazole rings is 1. The van der Waals surface area contributed by atoms with Crippen LogP contribution in [0.4, 0.5) is 5.00 Å². The topological polar surface area (TPSA) is 125 Å². The van der Waals surface area contributed by atoms with E-state index in [1.54, 1.807) is 23.9 Å². The molecule has 0 aliphatic carbocycles. The normalized spacial score (nSPS) is 16.2. The van der Waals surface area contributed by atoms with Crippen molar-refractivity contribution in [2.45, 2.75) is 31.4 Å². The predicted molar refractivity (Wildman–Crippen MR) is 100 cm³/mol. The van der Waals surface area contributed by atoms with Gasteiger partial charge in [-0.05, 0) is 19.8 Å². The lowest BCUT2D eigenvalue weighted by Gasteiger charge is -2.29. The average molecular weight is 428 g/mol. The highest BCUT2D eigenvalue weighted by Crippen LogP contribution is 2.26. The lowest BCUT2D eigenvalue weighted by atomic mass is 9.98. The van der Waals surface area contributed by atoms with E-state index in [9.17, 15) is 23.3 Å². The number of ether oxygens (including phenoxy) is 1. The number of esters is 1. The smallest absolute Gasteiger partial charge is 0.324 e. The summed E-state index contributed by atoms with van der Waals surface area (Å²) in [6.07, 6.45) is 2.19. The molecule has 152 valence electrons. The molecule has 0 spiro atoms. The third kappa shape index (κ3) is 4.23. The summed E-state index contributed by atoms with van der Waals surface area (Å²) in [5.74, 6) is -0.212. The van der Waals surface area contributed by atoms with Crippen molar-refractivity contribution in [2.24, 2.45) is 13.0 Å². The van der Waals surface area contributed by atoms with Gasteiger partial charge in [-0.25, -0.2) is 13.4 Å². The summed E-state index contributed by atoms with van der Waals surface area (Å²) in [4.78, 5) is 26.5. The van der Waals surface area contributed by atoms with Crippen LogP contribution in [-0.2, 0) is 33.2 Å². The molecular weight excluding hydrogens is 408 g/mol. The van der Waals surface area contributed by atoms with Gasteiger partial charge in [-0.1, -0.05) is 11.3 Å². The molecule has 10 nitrogen and oxygen atoms in total. The van der Waals surface area contributed by atoms with E-state index < -0.39 is 26.8 Å². The van der Waals surface area contributed by atoms with Crippen LogP contribution in [0.2, 0.25) is 0 Å². The van der Waals surface area contributed by atoms with Crippen LogP contribution in [0.5, 0.6) is 0 Å². The SMILES string of the molecule is Cc1nc(S(=O)(=O)N2CCC(C(=O)OCc3csc([N+](=O)[O-])c3)CC2)cn1C. The number of nitrogens with zero attached hydrogens (tertiary/aromatic N) is 4. The van der Waals surface area contributed by atoms with Gasteiger partial charge in [-0.2, -0.15) is 4.31 Å². The van der Waals surface area contributed by atoms with Crippen LogP contribution in [0.15, 0.2) is 22.7 Å². The number of aromatic nitrogens is 2. The van der Waals surface area contributed by atoms with Crippen molar-refractivity contribution < 1.29 is 22.9 Å². The summed E-state index contributed by atoms with van der Waals surface area (Å²) in [5.41, 5.74) is 0.565. The second-order valence-corrected chi connectivity index (χ2v) is 9.35. The molecule has 0 bridgehead atoms. The van der Waals surface area contributed by atoms with Crippen molar-refractivity contribution in [1.29, 1.82) is 0 Å². The first-order valence-electron chi connectivity index (χ1n) is 8.57. The van der Waals surface area contributed by atoms with Gasteiger partial charge >= 0.3 is 11.0 Å². The number of aryl methyl sites for hydroxylation is 2. The van der Waals surface area contributed by atoms with Crippen molar-refractivity contribution in [3.8, 4) is 0 Å². The van der Waals surface area contributed by atoms with Crippen LogP contribution >= 0.6 is 11.3 Å². The number of hydrogen-bond donors (Lipinski definition) is 0. The number of piperidine rings is 1. The van der Waals surface area contributed by atoms with Crippen molar-refractivity contribution in [2.75, 3.05) is 13.1 Å². The molecule has 0 atom stereocenters. The summed E-state index contributed by atoms with van der Waals surface area (Å²) in [5, 5.41) is 12.3. The number of thiophene rings is 1. The highest BCUT2D eigenvalue weighted by atomic mass is 32.2. The quantitative estimate of drug-likeness (QED) is 0.390. The minimum Gasteiger partial charge on any atom is -0.461 e. The van der Waals surface area contributed by atoms with Crippen LogP contribution in [0.3, 0.4) is 0 Å². The van der Waals surface area contributed by atoms with E-state index in [0.29, 0.717) is 24.2 Å². The molecule has 0 amide bonds. The molecule has 0 unspecified atom stereocenters. The molecule has 2 aromatic heterocycles. The molecule has 1 aliphatic rings. The molecule has 1 fully saturated rings. The lowest BCUT2D eigenvalue weighted by molar-refractivity contribution is -0.380. The average Bonchev–Trinajstić information content (AvgIpc) is 3.27. The molecule has 12 heteroatoms. The maximum Gasteiger partial charge on any atom is 0.324 e. The third-order valence-corrected chi connectivity index (χ3v) is 7.38. The van der Waals surface area contributed by atoms with Gasteiger partial charge in [0.15, 0.2) is 5.03 Å². The number of nitro groups is 1. The second-order valence-electron chi connectivity index (χ2n) is 6.57. The van der Waals surface area contributed by atoms with E-state index in [0.717, 1.165) is 11.3 Å². The zero-order valence-electron chi connectivity index (χ0n) is 15.4. The highest BCUT2D eigenvalue weighted by molar-refractivity contribution is 7.89. The lowest BCUT2D eigenvalue weighted by Crippen LogP contribution is -2.40. The van der Waals surface area contributed by atoms with Crippen LogP contribution < -0.4 is 0 Å². The third-order valence-electron chi connectivity index (χ3n) is 4.68. The van der Waals surface area contributed by atoms with E-state index in [-0.39, 0.29) is 29.7 Å². The van der Waals surface area contributed by atoms with Gasteiger partial charge in [0.25, 0.3) is 10.0 Å². The Bertz CT molecular complexity index is 969. The number of hydrogen-bond acceptors (Lipinski definition) is 8. The Morgan fingerprint density at radius 1 is 1.43 bits per heavy atom. The van der Waals surface area contributed by atoms with Crippen molar-refractivity contribution in [3.63, 3.8) is 0 Å². The van der Waals surface area contributed by atoms with Crippen LogP contribution in [-0.4, -0.2) is 46.3 Å². The summed E-state index contributed by atoms with van der Waals surface area (Å²) in [6, 6.07) is 1.38. The summed E-state index contributed by atoms with van der Waals surface area (Å²) < 4.78 is 33.6. The van der Waals surface area contributed by atoms with E-state index in [1.165, 1.54) is 16.6 Å². The van der Waals surface area contributed by atoms with E-state index in [1.807, 2.05) is 0 Å². The number of carbonyl (C=O) groups excluding carboxylic acids is 1. The maximum absolute atomic E-state index is 12.7. The van der Waals surface area contributed by atoms with Gasteiger partial charge < -0.3 is 9.30 Å². The summed E-state index contributed by atoms with van der Waals surface area (Å²) >= 11 is 0.977. The van der Waals surface area contributed by atoms with E-state index in [2.05, 4.69) is 4.98 Å². The first kappa shape index (κ1) is 20.4. The maximum atomic E-state index is 12.7. The van der Waals surface area contributed by atoms with Crippen LogP contribution in [0.1, 0.15) is 24.2 Å². The van der Waals surface area contributed by atoms with E-state index in [4.69, 9.17) is 4.74 Å². The van der Waals surface area contributed by atoms with Crippen molar-refractivity contribution >= 4 is 32.3 Å². The van der Waals surface area contributed by atoms with Crippen LogP contribution in [0, 0.1) is 23.0 Å². The second kappa shape index (κ2) is 7.97. The monoisotopic (exact) mass is 428 g/mol. The Morgan fingerprint density at radius 3 is 2.64 bits per heavy atom. The molecule has 3 rings (SSSR count). The van der Waals surface area contributed by atoms with Gasteiger partial charge in [-0.3, -0.25) is 14.9 Å². The Morgan fingerprint density at radius 2 is 2.11 bits per heavy atom. The number of carbonyl (C=O) groups is 1. The minimum absolute atomic E-state index is 0.00526. The Balaban J connectivity index is 1.54. The number of sulfonamides is 1. The standard InChI is InChI=1S/C16H20N4O6S2/c1-11-17-14(8-18(11)2)28(24,25)19-5-3-13(4-6-19)16(21)26-9-12-7-15(20(22)23)27-10-12/h7-8,10,13H,3-6,9H2,1-2H3. The molecule has 0 saturated carbocycles. The molecule has 0 N–H and O–H groups in total. The Labute approximate surface area is 165 Å². The molecular formula is C16H20N4O6S2. The minimum atomic E-state index is -3.69. The largest absolute Gasteiger partial charge is 0.461 e. The van der Waals surface area contributed by atoms with E-state index >= 15 is 0 Å². The van der Waals surface area contributed by atoms with Crippen molar-refractivity contribution in [1.82, 2.24) is 13.9 Å². The zero-order chi connectivity index (χ0) is 20.5. The first-order valence-corrected chi connectivity index (χ1v) is 10.9. The van der Waals surface area contributed by atoms with Gasteiger partial charge in [0, 0.05) is 43.3 Å². The Hall–Kier alpha value is -2.31. The first-order chi connectivity index (χ1) is 13.2. The molecule has 0 radical (unpaired) electrons. The number of rotatable bonds is 6. The molecule has 3 heterocycles.